The van der Waals surface area contributed by atoms with E-state index < -0.39 is 10.0 Å². The number of carbonyl (C=O) groups excluding carboxylic acids is 1. The molecule has 0 aliphatic carbocycles. The number of hydrogen-bond donors (Lipinski definition) is 2. The van der Waals surface area contributed by atoms with E-state index in [1.807, 2.05) is 0 Å². The smallest absolute Gasteiger partial charge is 0.263 e. The van der Waals surface area contributed by atoms with Crippen molar-refractivity contribution in [2.45, 2.75) is 18.7 Å². The summed E-state index contributed by atoms with van der Waals surface area (Å²) in [6.45, 7) is 3.96. The average molecular weight is 354 g/mol. The fraction of sp³-hybridized carbons (Fsp3) is 0.267. The molecule has 0 aliphatic rings. The largest absolute Gasteiger partial charge is 0.495 e. The van der Waals surface area contributed by atoms with Crippen molar-refractivity contribution < 1.29 is 17.9 Å². The van der Waals surface area contributed by atoms with E-state index in [0.717, 1.165) is 11.3 Å². The first-order chi connectivity index (χ1) is 10.9. The van der Waals surface area contributed by atoms with Crippen molar-refractivity contribution in [1.82, 2.24) is 5.32 Å². The maximum atomic E-state index is 12.6. The highest BCUT2D eigenvalue weighted by Gasteiger charge is 2.23. The van der Waals surface area contributed by atoms with Crippen LogP contribution in [0.15, 0.2) is 35.2 Å². The zero-order valence-corrected chi connectivity index (χ0v) is 14.7. The molecule has 0 radical (unpaired) electrons. The zero-order valence-electron chi connectivity index (χ0n) is 13.0. The molecule has 2 rings (SSSR count). The van der Waals surface area contributed by atoms with Crippen LogP contribution in [0, 0.1) is 6.92 Å². The Morgan fingerprint density at radius 1 is 1.30 bits per heavy atom. The number of ether oxygens (including phenoxy) is 1. The van der Waals surface area contributed by atoms with Gasteiger partial charge in [-0.3, -0.25) is 9.52 Å². The third-order valence-corrected chi connectivity index (χ3v) is 5.74. The maximum absolute atomic E-state index is 12.6. The Hall–Kier alpha value is -2.06. The molecule has 0 fully saturated rings. The first-order valence-electron chi connectivity index (χ1n) is 6.93. The van der Waals surface area contributed by atoms with Gasteiger partial charge in [0.2, 0.25) is 0 Å². The Bertz CT molecular complexity index is 813. The van der Waals surface area contributed by atoms with Gasteiger partial charge < -0.3 is 10.1 Å². The number of para-hydroxylation sites is 2. The van der Waals surface area contributed by atoms with E-state index in [4.69, 9.17) is 4.74 Å². The molecule has 0 bridgehead atoms. The summed E-state index contributed by atoms with van der Waals surface area (Å²) in [5.74, 6) is 0.146. The molecule has 8 heteroatoms. The standard InChI is InChI=1S/C15H18N2O4S2/c1-4-16-15(18)13-9-14(10(2)22-13)23(19,20)17-11-7-5-6-8-12(11)21-3/h5-9,17H,4H2,1-3H3,(H,16,18). The molecule has 2 aromatic rings. The normalized spacial score (nSPS) is 11.1. The predicted molar refractivity (Wildman–Crippen MR) is 90.9 cm³/mol. The second kappa shape index (κ2) is 7.01. The highest BCUT2D eigenvalue weighted by atomic mass is 32.2. The number of methoxy groups -OCH3 is 1. The van der Waals surface area contributed by atoms with Gasteiger partial charge in [-0.25, -0.2) is 8.42 Å². The molecule has 124 valence electrons. The van der Waals surface area contributed by atoms with E-state index in [0.29, 0.717) is 27.7 Å². The maximum Gasteiger partial charge on any atom is 0.263 e. The molecule has 2 N–H and O–H groups in total. The quantitative estimate of drug-likeness (QED) is 0.835. The van der Waals surface area contributed by atoms with Gasteiger partial charge in [0.15, 0.2) is 0 Å². The molecule has 0 atom stereocenters. The van der Waals surface area contributed by atoms with Crippen LogP contribution in [-0.4, -0.2) is 28.0 Å². The Kier molecular flexibility index (Phi) is 5.27. The SMILES string of the molecule is CCNC(=O)c1cc(S(=O)(=O)Nc2ccccc2OC)c(C)s1. The number of amides is 1. The van der Waals surface area contributed by atoms with Crippen LogP contribution in [0.4, 0.5) is 5.69 Å². The third kappa shape index (κ3) is 3.83. The van der Waals surface area contributed by atoms with Crippen molar-refractivity contribution in [3.63, 3.8) is 0 Å². The summed E-state index contributed by atoms with van der Waals surface area (Å²) in [6, 6.07) is 8.13. The lowest BCUT2D eigenvalue weighted by Crippen LogP contribution is -2.21. The van der Waals surface area contributed by atoms with Crippen molar-refractivity contribution in [3.05, 3.63) is 40.1 Å². The highest BCUT2D eigenvalue weighted by molar-refractivity contribution is 7.93. The van der Waals surface area contributed by atoms with Crippen molar-refractivity contribution in [2.75, 3.05) is 18.4 Å². The van der Waals surface area contributed by atoms with E-state index in [1.54, 1.807) is 38.1 Å². The summed E-state index contributed by atoms with van der Waals surface area (Å²) in [5, 5.41) is 2.66. The fourth-order valence-corrected chi connectivity index (χ4v) is 4.60. The Morgan fingerprint density at radius 2 is 2.00 bits per heavy atom. The molecule has 1 amide bonds. The fourth-order valence-electron chi connectivity index (χ4n) is 2.02. The van der Waals surface area contributed by atoms with Gasteiger partial charge in [0, 0.05) is 11.4 Å². The van der Waals surface area contributed by atoms with E-state index in [2.05, 4.69) is 10.0 Å². The lowest BCUT2D eigenvalue weighted by Gasteiger charge is -2.11. The number of rotatable bonds is 6. The van der Waals surface area contributed by atoms with Gasteiger partial charge in [-0.1, -0.05) is 12.1 Å². The molecule has 1 heterocycles. The highest BCUT2D eigenvalue weighted by Crippen LogP contribution is 2.30. The molecule has 0 saturated carbocycles. The van der Waals surface area contributed by atoms with Crippen LogP contribution in [0.1, 0.15) is 21.5 Å². The van der Waals surface area contributed by atoms with Gasteiger partial charge >= 0.3 is 0 Å². The minimum absolute atomic E-state index is 0.0923. The second-order valence-corrected chi connectivity index (χ2v) is 7.60. The Morgan fingerprint density at radius 3 is 2.65 bits per heavy atom. The number of anilines is 1. The van der Waals surface area contributed by atoms with Crippen molar-refractivity contribution in [1.29, 1.82) is 0 Å². The van der Waals surface area contributed by atoms with Crippen LogP contribution in [0.3, 0.4) is 0 Å². The number of thiophene rings is 1. The zero-order chi connectivity index (χ0) is 17.0. The average Bonchev–Trinajstić information content (AvgIpc) is 2.91. The van der Waals surface area contributed by atoms with Gasteiger partial charge in [-0.05, 0) is 32.0 Å². The van der Waals surface area contributed by atoms with Gasteiger partial charge in [0.05, 0.1) is 17.7 Å². The van der Waals surface area contributed by atoms with Gasteiger partial charge in [-0.2, -0.15) is 0 Å². The number of nitrogens with one attached hydrogen (secondary N) is 2. The lowest BCUT2D eigenvalue weighted by molar-refractivity contribution is 0.0959. The summed E-state index contributed by atoms with van der Waals surface area (Å²) in [6.07, 6.45) is 0. The molecule has 1 aromatic carbocycles. The Labute approximate surface area is 139 Å². The van der Waals surface area contributed by atoms with Crippen LogP contribution in [0.25, 0.3) is 0 Å². The van der Waals surface area contributed by atoms with E-state index in [-0.39, 0.29) is 10.8 Å². The van der Waals surface area contributed by atoms with Gasteiger partial charge in [0.25, 0.3) is 15.9 Å². The first kappa shape index (κ1) is 17.3. The van der Waals surface area contributed by atoms with E-state index in [9.17, 15) is 13.2 Å². The number of aryl methyl sites for hydroxylation is 1. The number of sulfonamides is 1. The van der Waals surface area contributed by atoms with Gasteiger partial charge in [0.1, 0.15) is 10.6 Å². The minimum Gasteiger partial charge on any atom is -0.495 e. The molecule has 6 nitrogen and oxygen atoms in total. The first-order valence-corrected chi connectivity index (χ1v) is 9.23. The van der Waals surface area contributed by atoms with Crippen LogP contribution in [0.5, 0.6) is 5.75 Å². The number of carbonyl (C=O) groups is 1. The minimum atomic E-state index is -3.80. The van der Waals surface area contributed by atoms with Crippen molar-refractivity contribution in [3.8, 4) is 5.75 Å². The van der Waals surface area contributed by atoms with Crippen LogP contribution in [0.2, 0.25) is 0 Å². The monoisotopic (exact) mass is 354 g/mol. The summed E-state index contributed by atoms with van der Waals surface area (Å²) >= 11 is 1.15. The molecular formula is C15H18N2O4S2. The number of hydrogen-bond acceptors (Lipinski definition) is 5. The van der Waals surface area contributed by atoms with E-state index in [1.165, 1.54) is 13.2 Å². The predicted octanol–water partition coefficient (Wildman–Crippen LogP) is 2.62. The van der Waals surface area contributed by atoms with Crippen LogP contribution < -0.4 is 14.8 Å². The van der Waals surface area contributed by atoms with Crippen molar-refractivity contribution in [2.24, 2.45) is 0 Å². The molecule has 0 unspecified atom stereocenters. The van der Waals surface area contributed by atoms with Crippen LogP contribution >= 0.6 is 11.3 Å². The summed E-state index contributed by atoms with van der Waals surface area (Å²) in [5.41, 5.74) is 0.347. The molecular weight excluding hydrogens is 336 g/mol. The Balaban J connectivity index is 2.35. The second-order valence-electron chi connectivity index (χ2n) is 4.70. The number of benzene rings is 1. The van der Waals surface area contributed by atoms with E-state index >= 15 is 0 Å². The topological polar surface area (TPSA) is 84.5 Å². The third-order valence-electron chi connectivity index (χ3n) is 3.07. The molecule has 0 aliphatic heterocycles. The summed E-state index contributed by atoms with van der Waals surface area (Å²) in [4.78, 5) is 12.9. The molecule has 1 aromatic heterocycles. The summed E-state index contributed by atoms with van der Waals surface area (Å²) < 4.78 is 32.8. The van der Waals surface area contributed by atoms with Crippen LogP contribution in [-0.2, 0) is 10.0 Å². The van der Waals surface area contributed by atoms with Gasteiger partial charge in [-0.15, -0.1) is 11.3 Å². The molecule has 23 heavy (non-hydrogen) atoms. The lowest BCUT2D eigenvalue weighted by atomic mass is 10.3. The van der Waals surface area contributed by atoms with Crippen molar-refractivity contribution >= 4 is 33.0 Å². The molecule has 0 saturated heterocycles. The summed E-state index contributed by atoms with van der Waals surface area (Å²) in [7, 11) is -2.34. The molecule has 0 spiro atoms.